The normalized spacial score (nSPS) is 34.0. The van der Waals surface area contributed by atoms with Crippen LogP contribution < -0.4 is 0 Å². The molecular weight excluding hydrogens is 248 g/mol. The first-order valence-corrected chi connectivity index (χ1v) is 7.87. The van der Waals surface area contributed by atoms with Crippen molar-refractivity contribution in [2.24, 2.45) is 11.8 Å². The molecule has 3 rings (SSSR count). The van der Waals surface area contributed by atoms with Crippen molar-refractivity contribution in [1.29, 1.82) is 0 Å². The lowest BCUT2D eigenvalue weighted by molar-refractivity contribution is 0.0491. The Labute approximate surface area is 121 Å². The summed E-state index contributed by atoms with van der Waals surface area (Å²) < 4.78 is 5.80. The summed E-state index contributed by atoms with van der Waals surface area (Å²) in [6, 6.07) is 8.31. The molecule has 2 heteroatoms. The van der Waals surface area contributed by atoms with Crippen molar-refractivity contribution in [2.45, 2.75) is 58.2 Å². The lowest BCUT2D eigenvalue weighted by Gasteiger charge is -2.26. The number of hydrogen-bond donors (Lipinski definition) is 0. The molecule has 0 radical (unpaired) electrons. The molecule has 1 aliphatic heterocycles. The summed E-state index contributed by atoms with van der Waals surface area (Å²) in [6.45, 7) is 6.21. The maximum Gasteiger partial charge on any atom is 0.168 e. The highest BCUT2D eigenvalue weighted by Gasteiger charge is 2.41. The number of carbonyl (C=O) groups is 1. The van der Waals surface area contributed by atoms with E-state index in [1.165, 1.54) is 24.8 Å². The van der Waals surface area contributed by atoms with Gasteiger partial charge in [0.05, 0.1) is 18.1 Å². The van der Waals surface area contributed by atoms with Gasteiger partial charge in [0.1, 0.15) is 0 Å². The van der Waals surface area contributed by atoms with E-state index in [0.717, 1.165) is 11.5 Å². The van der Waals surface area contributed by atoms with Crippen molar-refractivity contribution < 1.29 is 9.53 Å². The molecule has 1 aliphatic carbocycles. The quantitative estimate of drug-likeness (QED) is 0.771. The van der Waals surface area contributed by atoms with Gasteiger partial charge >= 0.3 is 0 Å². The number of hydrogen-bond acceptors (Lipinski definition) is 2. The van der Waals surface area contributed by atoms with Gasteiger partial charge in [-0.05, 0) is 44.1 Å². The second-order valence-electron chi connectivity index (χ2n) is 6.55. The van der Waals surface area contributed by atoms with Gasteiger partial charge in [0.25, 0.3) is 0 Å². The van der Waals surface area contributed by atoms with E-state index in [1.807, 2.05) is 19.1 Å². The van der Waals surface area contributed by atoms with Crippen LogP contribution in [0.5, 0.6) is 0 Å². The van der Waals surface area contributed by atoms with E-state index in [-0.39, 0.29) is 23.9 Å². The molecule has 1 saturated heterocycles. The number of benzene rings is 1. The molecule has 0 bridgehead atoms. The highest BCUT2D eigenvalue weighted by Crippen LogP contribution is 2.37. The van der Waals surface area contributed by atoms with E-state index >= 15 is 0 Å². The lowest BCUT2D eigenvalue weighted by Crippen LogP contribution is -2.26. The molecule has 2 nitrogen and oxygen atoms in total. The summed E-state index contributed by atoms with van der Waals surface area (Å²) in [5.41, 5.74) is 2.24. The van der Waals surface area contributed by atoms with Crippen molar-refractivity contribution in [3.05, 3.63) is 35.4 Å². The zero-order chi connectivity index (χ0) is 14.3. The molecule has 0 amide bonds. The van der Waals surface area contributed by atoms with E-state index in [0.29, 0.717) is 5.92 Å². The second-order valence-corrected chi connectivity index (χ2v) is 6.55. The minimum atomic E-state index is -0.000414. The molecule has 2 fully saturated rings. The molecule has 0 N–H and O–H groups in total. The summed E-state index contributed by atoms with van der Waals surface area (Å²) in [6.07, 6.45) is 4.15. The van der Waals surface area contributed by atoms with E-state index in [2.05, 4.69) is 26.0 Å². The minimum absolute atomic E-state index is 0.000414. The Morgan fingerprint density at radius 2 is 1.70 bits per heavy atom. The first kappa shape index (κ1) is 13.8. The van der Waals surface area contributed by atoms with Gasteiger partial charge in [-0.3, -0.25) is 4.79 Å². The van der Waals surface area contributed by atoms with Crippen molar-refractivity contribution in [2.75, 3.05) is 0 Å². The molecule has 20 heavy (non-hydrogen) atoms. The first-order chi connectivity index (χ1) is 9.58. The number of ether oxygens (including phenoxy) is 1. The van der Waals surface area contributed by atoms with E-state index in [4.69, 9.17) is 4.74 Å². The fourth-order valence-electron chi connectivity index (χ4n) is 3.57. The first-order valence-electron chi connectivity index (χ1n) is 7.87. The van der Waals surface area contributed by atoms with Crippen molar-refractivity contribution in [3.63, 3.8) is 0 Å². The average molecular weight is 272 g/mol. The Bertz CT molecular complexity index is 487. The van der Waals surface area contributed by atoms with Gasteiger partial charge in [-0.1, -0.05) is 37.6 Å². The van der Waals surface area contributed by atoms with Crippen LogP contribution in [0.15, 0.2) is 24.3 Å². The summed E-state index contributed by atoms with van der Waals surface area (Å²) in [4.78, 5) is 12.7. The Kier molecular flexibility index (Phi) is 3.68. The molecule has 0 aromatic heterocycles. The monoisotopic (exact) mass is 272 g/mol. The summed E-state index contributed by atoms with van der Waals surface area (Å²) in [7, 11) is 0. The standard InChI is InChI=1S/C18H24O2/c1-11-12(2)20-13(3)17(11)18(19)16-9-7-15(8-10-16)14-5-4-6-14/h7-14,17H,4-6H2,1-3H3. The molecule has 1 saturated carbocycles. The number of ketones is 1. The van der Waals surface area contributed by atoms with Crippen molar-refractivity contribution in [1.82, 2.24) is 0 Å². The van der Waals surface area contributed by atoms with Crippen LogP contribution in [0.3, 0.4) is 0 Å². The lowest BCUT2D eigenvalue weighted by atomic mass is 9.79. The number of Topliss-reactive ketones (excluding diaryl/α,β-unsaturated/α-hetero) is 1. The molecule has 4 unspecified atom stereocenters. The van der Waals surface area contributed by atoms with Gasteiger partial charge < -0.3 is 4.74 Å². The van der Waals surface area contributed by atoms with Crippen LogP contribution in [0.4, 0.5) is 0 Å². The minimum Gasteiger partial charge on any atom is -0.374 e. The Morgan fingerprint density at radius 1 is 1.05 bits per heavy atom. The molecule has 0 spiro atoms. The van der Waals surface area contributed by atoms with Gasteiger partial charge in [-0.2, -0.15) is 0 Å². The molecule has 1 aromatic rings. The smallest absolute Gasteiger partial charge is 0.168 e. The van der Waals surface area contributed by atoms with Gasteiger partial charge in [-0.15, -0.1) is 0 Å². The molecule has 108 valence electrons. The van der Waals surface area contributed by atoms with E-state index < -0.39 is 0 Å². The number of rotatable bonds is 3. The van der Waals surface area contributed by atoms with Crippen LogP contribution in [0, 0.1) is 11.8 Å². The molecule has 1 aromatic carbocycles. The second kappa shape index (κ2) is 5.33. The van der Waals surface area contributed by atoms with Crippen molar-refractivity contribution in [3.8, 4) is 0 Å². The zero-order valence-electron chi connectivity index (χ0n) is 12.6. The van der Waals surface area contributed by atoms with Gasteiger partial charge in [0, 0.05) is 5.56 Å². The Morgan fingerprint density at radius 3 is 2.15 bits per heavy atom. The van der Waals surface area contributed by atoms with Crippen molar-refractivity contribution >= 4 is 5.78 Å². The van der Waals surface area contributed by atoms with Crippen LogP contribution in [-0.2, 0) is 4.74 Å². The third kappa shape index (κ3) is 2.31. The predicted molar refractivity (Wildman–Crippen MR) is 80.0 cm³/mol. The molecule has 2 aliphatic rings. The zero-order valence-corrected chi connectivity index (χ0v) is 12.6. The van der Waals surface area contributed by atoms with Crippen LogP contribution in [0.1, 0.15) is 61.9 Å². The van der Waals surface area contributed by atoms with E-state index in [9.17, 15) is 4.79 Å². The predicted octanol–water partition coefficient (Wildman–Crippen LogP) is 4.20. The van der Waals surface area contributed by atoms with Crippen LogP contribution in [0.2, 0.25) is 0 Å². The fraction of sp³-hybridized carbons (Fsp3) is 0.611. The van der Waals surface area contributed by atoms with Gasteiger partial charge in [-0.25, -0.2) is 0 Å². The Balaban J connectivity index is 1.76. The SMILES string of the molecule is CC1OC(C)C(C(=O)c2ccc(C3CCC3)cc2)C1C. The summed E-state index contributed by atoms with van der Waals surface area (Å²) in [5, 5.41) is 0. The summed E-state index contributed by atoms with van der Waals surface area (Å²) in [5.74, 6) is 1.27. The maximum atomic E-state index is 12.7. The third-order valence-electron chi connectivity index (χ3n) is 5.32. The average Bonchev–Trinajstić information content (AvgIpc) is 2.61. The van der Waals surface area contributed by atoms with Crippen LogP contribution in [-0.4, -0.2) is 18.0 Å². The highest BCUT2D eigenvalue weighted by atomic mass is 16.5. The fourth-order valence-corrected chi connectivity index (χ4v) is 3.57. The molecule has 1 heterocycles. The Hall–Kier alpha value is -1.15. The van der Waals surface area contributed by atoms with E-state index in [1.54, 1.807) is 0 Å². The third-order valence-corrected chi connectivity index (χ3v) is 5.32. The van der Waals surface area contributed by atoms with Crippen LogP contribution >= 0.6 is 0 Å². The largest absolute Gasteiger partial charge is 0.374 e. The topological polar surface area (TPSA) is 26.3 Å². The summed E-state index contributed by atoms with van der Waals surface area (Å²) >= 11 is 0. The van der Waals surface area contributed by atoms with Crippen LogP contribution in [0.25, 0.3) is 0 Å². The van der Waals surface area contributed by atoms with Gasteiger partial charge in [0.15, 0.2) is 5.78 Å². The van der Waals surface area contributed by atoms with Gasteiger partial charge in [0.2, 0.25) is 0 Å². The maximum absolute atomic E-state index is 12.7. The molecule has 4 atom stereocenters. The molecular formula is C18H24O2. The highest BCUT2D eigenvalue weighted by molar-refractivity contribution is 5.98. The number of carbonyl (C=O) groups excluding carboxylic acids is 1.